The number of ether oxygens (including phenoxy) is 1. The molecule has 158 valence electrons. The van der Waals surface area contributed by atoms with Crippen molar-refractivity contribution in [3.63, 3.8) is 0 Å². The summed E-state index contributed by atoms with van der Waals surface area (Å²) in [6.07, 6.45) is 4.06. The number of anilines is 1. The van der Waals surface area contributed by atoms with Crippen molar-refractivity contribution >= 4 is 40.2 Å². The molecule has 1 aliphatic heterocycles. The van der Waals surface area contributed by atoms with Gasteiger partial charge >= 0.3 is 12.0 Å². The highest BCUT2D eigenvalue weighted by Crippen LogP contribution is 2.38. The quantitative estimate of drug-likeness (QED) is 0.543. The van der Waals surface area contributed by atoms with E-state index < -0.39 is 23.4 Å². The van der Waals surface area contributed by atoms with E-state index in [9.17, 15) is 19.2 Å². The van der Waals surface area contributed by atoms with Crippen LogP contribution in [0, 0.1) is 5.92 Å². The molecular weight excluding hydrogens is 394 g/mol. The molecule has 1 saturated heterocycles. The number of imide groups is 1. The second kappa shape index (κ2) is 8.52. The Kier molecular flexibility index (Phi) is 6.26. The van der Waals surface area contributed by atoms with Crippen LogP contribution in [-0.4, -0.2) is 47.4 Å². The molecule has 1 aromatic rings. The number of amides is 4. The van der Waals surface area contributed by atoms with E-state index in [0.717, 1.165) is 29.0 Å². The summed E-state index contributed by atoms with van der Waals surface area (Å²) >= 11 is 1.29. The third-order valence-electron chi connectivity index (χ3n) is 5.68. The van der Waals surface area contributed by atoms with Gasteiger partial charge in [0, 0.05) is 4.88 Å². The van der Waals surface area contributed by atoms with E-state index >= 15 is 0 Å². The summed E-state index contributed by atoms with van der Waals surface area (Å²) < 4.78 is 5.05. The maximum atomic E-state index is 13.0. The zero-order valence-electron chi connectivity index (χ0n) is 17.0. The van der Waals surface area contributed by atoms with Gasteiger partial charge in [0.2, 0.25) is 5.91 Å². The van der Waals surface area contributed by atoms with Crippen molar-refractivity contribution in [3.05, 3.63) is 16.5 Å². The first-order chi connectivity index (χ1) is 13.8. The Hall–Kier alpha value is -2.42. The van der Waals surface area contributed by atoms with E-state index in [1.165, 1.54) is 11.3 Å². The topological polar surface area (TPSA) is 105 Å². The number of aryl methyl sites for hydroxylation is 1. The molecule has 2 fully saturated rings. The fraction of sp³-hybridized carbons (Fsp3) is 0.600. The first kappa shape index (κ1) is 21.3. The zero-order chi connectivity index (χ0) is 21.2. The fourth-order valence-corrected chi connectivity index (χ4v) is 5.02. The minimum atomic E-state index is -0.899. The number of hydrogen-bond donors (Lipinski definition) is 2. The van der Waals surface area contributed by atoms with Gasteiger partial charge < -0.3 is 15.4 Å². The summed E-state index contributed by atoms with van der Waals surface area (Å²) in [5.41, 5.74) is -0.610. The summed E-state index contributed by atoms with van der Waals surface area (Å²) in [7, 11) is 0. The summed E-state index contributed by atoms with van der Waals surface area (Å²) in [4.78, 5) is 52.1. The highest BCUT2D eigenvalue weighted by atomic mass is 32.1. The number of carbonyl (C=O) groups is 4. The molecule has 1 spiro atoms. The highest BCUT2D eigenvalue weighted by Gasteiger charge is 2.55. The van der Waals surface area contributed by atoms with E-state index in [1.54, 1.807) is 13.0 Å². The molecule has 1 aliphatic carbocycles. The third-order valence-corrected chi connectivity index (χ3v) is 6.88. The fourth-order valence-electron chi connectivity index (χ4n) is 4.02. The van der Waals surface area contributed by atoms with Crippen LogP contribution in [0.15, 0.2) is 6.07 Å². The monoisotopic (exact) mass is 421 g/mol. The van der Waals surface area contributed by atoms with Gasteiger partial charge in [0.15, 0.2) is 0 Å². The average Bonchev–Trinajstić information content (AvgIpc) is 3.19. The predicted octanol–water partition coefficient (Wildman–Crippen LogP) is 2.93. The molecule has 2 aliphatic rings. The normalized spacial score (nSPS) is 24.0. The standard InChI is InChI=1S/C20H27N3O5S/c1-4-13-10-14(17(25)28-5-2)16(29-13)21-15(24)11-23-18(26)20(22-19(23)27)9-7-6-8-12(20)3/h10,12H,4-9,11H2,1-3H3,(H,21,24)(H,22,27). The summed E-state index contributed by atoms with van der Waals surface area (Å²) in [5.74, 6) is -1.34. The van der Waals surface area contributed by atoms with E-state index in [1.807, 2.05) is 13.8 Å². The first-order valence-electron chi connectivity index (χ1n) is 10.1. The molecule has 29 heavy (non-hydrogen) atoms. The molecule has 2 unspecified atom stereocenters. The van der Waals surface area contributed by atoms with Gasteiger partial charge in [-0.05, 0) is 38.2 Å². The van der Waals surface area contributed by atoms with Crippen molar-refractivity contribution < 1.29 is 23.9 Å². The number of rotatable bonds is 6. The second-order valence-corrected chi connectivity index (χ2v) is 8.65. The van der Waals surface area contributed by atoms with Crippen molar-refractivity contribution in [2.75, 3.05) is 18.5 Å². The lowest BCUT2D eigenvalue weighted by molar-refractivity contribution is -0.136. The van der Waals surface area contributed by atoms with Crippen LogP contribution in [0.5, 0.6) is 0 Å². The summed E-state index contributed by atoms with van der Waals surface area (Å²) in [5, 5.41) is 5.89. The molecule has 3 rings (SSSR count). The lowest BCUT2D eigenvalue weighted by Crippen LogP contribution is -2.54. The summed E-state index contributed by atoms with van der Waals surface area (Å²) in [6.45, 7) is 5.46. The molecule has 0 radical (unpaired) electrons. The largest absolute Gasteiger partial charge is 0.462 e. The molecular formula is C20H27N3O5S. The molecule has 2 heterocycles. The number of esters is 1. The predicted molar refractivity (Wildman–Crippen MR) is 109 cm³/mol. The molecule has 0 bridgehead atoms. The maximum Gasteiger partial charge on any atom is 0.341 e. The second-order valence-electron chi connectivity index (χ2n) is 7.52. The van der Waals surface area contributed by atoms with Gasteiger partial charge in [-0.3, -0.25) is 14.5 Å². The van der Waals surface area contributed by atoms with Gasteiger partial charge in [-0.25, -0.2) is 9.59 Å². The van der Waals surface area contributed by atoms with E-state index in [-0.39, 0.29) is 30.5 Å². The molecule has 8 nitrogen and oxygen atoms in total. The van der Waals surface area contributed by atoms with Crippen LogP contribution in [-0.2, 0) is 20.7 Å². The Morgan fingerprint density at radius 2 is 2.10 bits per heavy atom. The molecule has 1 saturated carbocycles. The van der Waals surface area contributed by atoms with Gasteiger partial charge in [0.05, 0.1) is 12.2 Å². The number of nitrogens with zero attached hydrogens (tertiary/aromatic N) is 1. The molecule has 4 amide bonds. The number of nitrogens with one attached hydrogen (secondary N) is 2. The van der Waals surface area contributed by atoms with Crippen molar-refractivity contribution in [2.24, 2.45) is 5.92 Å². The van der Waals surface area contributed by atoms with E-state index in [4.69, 9.17) is 4.74 Å². The third kappa shape index (κ3) is 4.01. The Labute approximate surface area is 174 Å². The minimum Gasteiger partial charge on any atom is -0.462 e. The van der Waals surface area contributed by atoms with Crippen molar-refractivity contribution in [3.8, 4) is 0 Å². The van der Waals surface area contributed by atoms with Gasteiger partial charge in [0.1, 0.15) is 17.1 Å². The van der Waals surface area contributed by atoms with Crippen molar-refractivity contribution in [1.29, 1.82) is 0 Å². The minimum absolute atomic E-state index is 0.0283. The van der Waals surface area contributed by atoms with Crippen molar-refractivity contribution in [1.82, 2.24) is 10.2 Å². The first-order valence-corrected chi connectivity index (χ1v) is 10.9. The van der Waals surface area contributed by atoms with Crippen LogP contribution in [0.3, 0.4) is 0 Å². The lowest BCUT2D eigenvalue weighted by Gasteiger charge is -2.36. The van der Waals surface area contributed by atoms with Crippen LogP contribution in [0.2, 0.25) is 0 Å². The van der Waals surface area contributed by atoms with Crippen LogP contribution in [0.25, 0.3) is 0 Å². The van der Waals surface area contributed by atoms with E-state index in [0.29, 0.717) is 17.8 Å². The van der Waals surface area contributed by atoms with Crippen molar-refractivity contribution in [2.45, 2.75) is 58.4 Å². The Morgan fingerprint density at radius 1 is 1.34 bits per heavy atom. The molecule has 9 heteroatoms. The number of hydrogen-bond acceptors (Lipinski definition) is 6. The van der Waals surface area contributed by atoms with E-state index in [2.05, 4.69) is 10.6 Å². The number of urea groups is 1. The van der Waals surface area contributed by atoms with Gasteiger partial charge in [0.25, 0.3) is 5.91 Å². The smallest absolute Gasteiger partial charge is 0.341 e. The van der Waals surface area contributed by atoms with Gasteiger partial charge in [-0.2, -0.15) is 0 Å². The Balaban J connectivity index is 1.73. The lowest BCUT2D eigenvalue weighted by atomic mass is 9.73. The van der Waals surface area contributed by atoms with Crippen LogP contribution in [0.1, 0.15) is 61.7 Å². The Bertz CT molecular complexity index is 836. The van der Waals surface area contributed by atoms with Crippen LogP contribution >= 0.6 is 11.3 Å². The molecule has 2 N–H and O–H groups in total. The SMILES string of the molecule is CCOC(=O)c1cc(CC)sc1NC(=O)CN1C(=O)NC2(CCCCC2C)C1=O. The average molecular weight is 422 g/mol. The molecule has 2 atom stereocenters. The van der Waals surface area contributed by atoms with Crippen LogP contribution < -0.4 is 10.6 Å². The molecule has 0 aromatic carbocycles. The van der Waals surface area contributed by atoms with Gasteiger partial charge in [-0.15, -0.1) is 11.3 Å². The zero-order valence-corrected chi connectivity index (χ0v) is 17.8. The summed E-state index contributed by atoms with van der Waals surface area (Å²) in [6, 6.07) is 1.16. The highest BCUT2D eigenvalue weighted by molar-refractivity contribution is 7.16. The maximum absolute atomic E-state index is 13.0. The Morgan fingerprint density at radius 3 is 2.76 bits per heavy atom. The number of thiophene rings is 1. The van der Waals surface area contributed by atoms with Gasteiger partial charge in [-0.1, -0.05) is 26.7 Å². The van der Waals surface area contributed by atoms with Crippen LogP contribution in [0.4, 0.5) is 9.80 Å². The molecule has 1 aromatic heterocycles. The number of carbonyl (C=O) groups excluding carboxylic acids is 4.